The summed E-state index contributed by atoms with van der Waals surface area (Å²) in [5, 5.41) is 3.29. The average Bonchev–Trinajstić information content (AvgIpc) is 2.18. The number of aromatic nitrogens is 1. The molecule has 0 aliphatic carbocycles. The quantitative estimate of drug-likeness (QED) is 0.313. The lowest BCUT2D eigenvalue weighted by Gasteiger charge is -1.97. The number of pyridine rings is 1. The summed E-state index contributed by atoms with van der Waals surface area (Å²) >= 11 is 0. The highest BCUT2D eigenvalue weighted by Gasteiger charge is 1.94. The molecular weight excluding hydrogens is 178 g/mol. The molecule has 5 heteroatoms. The van der Waals surface area contributed by atoms with Crippen molar-refractivity contribution in [2.75, 3.05) is 12.3 Å². The molecule has 1 heterocycles. The number of nitrogens with zero attached hydrogens (tertiary/aromatic N) is 4. The van der Waals surface area contributed by atoms with Gasteiger partial charge in [0.25, 0.3) is 0 Å². The molecule has 0 saturated carbocycles. The molecule has 1 aromatic heterocycles. The molecule has 0 bridgehead atoms. The lowest BCUT2D eigenvalue weighted by atomic mass is 10.2. The fourth-order valence-corrected chi connectivity index (χ4v) is 0.862. The summed E-state index contributed by atoms with van der Waals surface area (Å²) in [5.41, 5.74) is 15.2. The zero-order valence-corrected chi connectivity index (χ0v) is 7.73. The minimum absolute atomic E-state index is 0.167. The van der Waals surface area contributed by atoms with Crippen molar-refractivity contribution in [3.8, 4) is 11.8 Å². The van der Waals surface area contributed by atoms with Crippen molar-refractivity contribution in [2.45, 2.75) is 6.92 Å². The van der Waals surface area contributed by atoms with Crippen LogP contribution < -0.4 is 5.73 Å². The lowest BCUT2D eigenvalue weighted by molar-refractivity contribution is 1.24. The molecule has 0 spiro atoms. The minimum Gasteiger partial charge on any atom is -0.383 e. The number of anilines is 1. The number of nitrogen functional groups attached to an aromatic ring is 1. The van der Waals surface area contributed by atoms with Gasteiger partial charge in [0.2, 0.25) is 0 Å². The van der Waals surface area contributed by atoms with E-state index in [4.69, 9.17) is 11.3 Å². The first-order valence-electron chi connectivity index (χ1n) is 3.96. The molecule has 5 nitrogen and oxygen atoms in total. The number of aryl methyl sites for hydroxylation is 1. The summed E-state index contributed by atoms with van der Waals surface area (Å²) in [6.07, 6.45) is 1.59. The molecule has 0 aliphatic rings. The van der Waals surface area contributed by atoms with Crippen molar-refractivity contribution in [1.29, 1.82) is 0 Å². The Labute approximate surface area is 81.6 Å². The smallest absolute Gasteiger partial charge is 0.126 e. The van der Waals surface area contributed by atoms with Crippen LogP contribution in [0.15, 0.2) is 17.4 Å². The van der Waals surface area contributed by atoms with E-state index in [2.05, 4.69) is 26.9 Å². The Morgan fingerprint density at radius 2 is 2.50 bits per heavy atom. The predicted octanol–water partition coefficient (Wildman–Crippen LogP) is 1.63. The average molecular weight is 187 g/mol. The Balaban J connectivity index is 2.80. The van der Waals surface area contributed by atoms with Gasteiger partial charge in [0, 0.05) is 16.7 Å². The SMILES string of the molecule is Cc1cc(C#CCN=[N+]=[N-])cnc1N. The van der Waals surface area contributed by atoms with Crippen LogP contribution in [0.5, 0.6) is 0 Å². The van der Waals surface area contributed by atoms with E-state index in [0.29, 0.717) is 5.82 Å². The fraction of sp³-hybridized carbons (Fsp3) is 0.222. The Bertz CT molecular complexity index is 434. The summed E-state index contributed by atoms with van der Waals surface area (Å²) in [5.74, 6) is 6.02. The molecule has 2 N–H and O–H groups in total. The Kier molecular flexibility index (Phi) is 3.36. The van der Waals surface area contributed by atoms with Crippen LogP contribution in [0.25, 0.3) is 10.4 Å². The fourth-order valence-electron chi connectivity index (χ4n) is 0.862. The van der Waals surface area contributed by atoms with E-state index in [-0.39, 0.29) is 6.54 Å². The maximum absolute atomic E-state index is 8.01. The molecule has 1 rings (SSSR count). The first-order valence-corrected chi connectivity index (χ1v) is 3.96. The van der Waals surface area contributed by atoms with Crippen molar-refractivity contribution in [1.82, 2.24) is 4.98 Å². The molecule has 70 valence electrons. The molecule has 14 heavy (non-hydrogen) atoms. The molecule has 0 fully saturated rings. The van der Waals surface area contributed by atoms with Crippen molar-refractivity contribution in [3.63, 3.8) is 0 Å². The van der Waals surface area contributed by atoms with Crippen LogP contribution in [-0.4, -0.2) is 11.5 Å². The number of hydrogen-bond donors (Lipinski definition) is 1. The molecule has 0 aliphatic heterocycles. The van der Waals surface area contributed by atoms with Gasteiger partial charge in [0.1, 0.15) is 5.82 Å². The van der Waals surface area contributed by atoms with E-state index in [1.54, 1.807) is 6.20 Å². The van der Waals surface area contributed by atoms with Crippen LogP contribution in [0, 0.1) is 18.8 Å². The summed E-state index contributed by atoms with van der Waals surface area (Å²) < 4.78 is 0. The van der Waals surface area contributed by atoms with Gasteiger partial charge in [-0.1, -0.05) is 17.0 Å². The van der Waals surface area contributed by atoms with Crippen LogP contribution in [0.4, 0.5) is 5.82 Å². The molecule has 0 atom stereocenters. The number of rotatable bonds is 1. The van der Waals surface area contributed by atoms with E-state index < -0.39 is 0 Å². The van der Waals surface area contributed by atoms with Gasteiger partial charge in [-0.05, 0) is 24.1 Å². The predicted molar refractivity (Wildman–Crippen MR) is 54.3 cm³/mol. The van der Waals surface area contributed by atoms with Gasteiger partial charge in [-0.2, -0.15) is 0 Å². The number of hydrogen-bond acceptors (Lipinski definition) is 3. The van der Waals surface area contributed by atoms with E-state index in [1.807, 2.05) is 13.0 Å². The minimum atomic E-state index is 0.167. The first-order chi connectivity index (χ1) is 6.74. The van der Waals surface area contributed by atoms with Gasteiger partial charge in [0.15, 0.2) is 0 Å². The van der Waals surface area contributed by atoms with Gasteiger partial charge in [-0.25, -0.2) is 4.98 Å². The summed E-state index contributed by atoms with van der Waals surface area (Å²) in [6, 6.07) is 1.84. The van der Waals surface area contributed by atoms with Crippen LogP contribution in [0.2, 0.25) is 0 Å². The van der Waals surface area contributed by atoms with Gasteiger partial charge in [-0.3, -0.25) is 0 Å². The summed E-state index contributed by atoms with van der Waals surface area (Å²) in [4.78, 5) is 6.53. The Morgan fingerprint density at radius 1 is 1.71 bits per heavy atom. The van der Waals surface area contributed by atoms with Crippen molar-refractivity contribution in [2.24, 2.45) is 5.11 Å². The van der Waals surface area contributed by atoms with E-state index in [1.165, 1.54) is 0 Å². The van der Waals surface area contributed by atoms with Gasteiger partial charge >= 0.3 is 0 Å². The molecule has 0 radical (unpaired) electrons. The van der Waals surface area contributed by atoms with Gasteiger partial charge < -0.3 is 5.73 Å². The second-order valence-corrected chi connectivity index (χ2v) is 2.62. The third-order valence-electron chi connectivity index (χ3n) is 1.56. The van der Waals surface area contributed by atoms with Crippen molar-refractivity contribution >= 4 is 5.82 Å². The van der Waals surface area contributed by atoms with Crippen molar-refractivity contribution < 1.29 is 0 Å². The Hall–Kier alpha value is -2.18. The topological polar surface area (TPSA) is 87.7 Å². The number of nitrogens with two attached hydrogens (primary N) is 1. The van der Waals surface area contributed by atoms with Crippen LogP contribution in [-0.2, 0) is 0 Å². The largest absolute Gasteiger partial charge is 0.383 e. The van der Waals surface area contributed by atoms with Crippen LogP contribution in [0.3, 0.4) is 0 Å². The summed E-state index contributed by atoms with van der Waals surface area (Å²) in [7, 11) is 0. The molecule has 0 unspecified atom stereocenters. The summed E-state index contributed by atoms with van der Waals surface area (Å²) in [6.45, 7) is 2.03. The molecule has 1 aromatic rings. The molecule has 0 amide bonds. The monoisotopic (exact) mass is 187 g/mol. The van der Waals surface area contributed by atoms with E-state index >= 15 is 0 Å². The number of azide groups is 1. The molecular formula is C9H9N5. The first kappa shape index (κ1) is 9.90. The second kappa shape index (κ2) is 4.75. The standard InChI is InChI=1S/C9H9N5/c1-7-5-8(6-12-9(7)10)3-2-4-13-14-11/h5-6H,4H2,1H3,(H2,10,12). The van der Waals surface area contributed by atoms with Crippen LogP contribution >= 0.6 is 0 Å². The van der Waals surface area contributed by atoms with E-state index in [0.717, 1.165) is 11.1 Å². The highest BCUT2D eigenvalue weighted by Crippen LogP contribution is 2.07. The Morgan fingerprint density at radius 3 is 3.14 bits per heavy atom. The van der Waals surface area contributed by atoms with Crippen molar-refractivity contribution in [3.05, 3.63) is 33.8 Å². The highest BCUT2D eigenvalue weighted by molar-refractivity contribution is 5.44. The normalized spacial score (nSPS) is 8.36. The van der Waals surface area contributed by atoms with Gasteiger partial charge in [-0.15, -0.1) is 0 Å². The van der Waals surface area contributed by atoms with Gasteiger partial charge in [0.05, 0.1) is 6.54 Å². The third kappa shape index (κ3) is 2.70. The van der Waals surface area contributed by atoms with E-state index in [9.17, 15) is 0 Å². The molecule has 0 saturated heterocycles. The lowest BCUT2D eigenvalue weighted by Crippen LogP contribution is -1.93. The zero-order chi connectivity index (χ0) is 10.4. The highest BCUT2D eigenvalue weighted by atomic mass is 15.1. The van der Waals surface area contributed by atoms with Crippen LogP contribution in [0.1, 0.15) is 11.1 Å². The molecule has 0 aromatic carbocycles. The maximum atomic E-state index is 8.01. The maximum Gasteiger partial charge on any atom is 0.126 e. The third-order valence-corrected chi connectivity index (χ3v) is 1.56. The second-order valence-electron chi connectivity index (χ2n) is 2.62. The zero-order valence-electron chi connectivity index (χ0n) is 7.73.